The number of nitrogens with zero attached hydrogens (tertiary/aromatic N) is 1. The van der Waals surface area contributed by atoms with Crippen LogP contribution in [0.3, 0.4) is 0 Å². The van der Waals surface area contributed by atoms with Crippen molar-refractivity contribution < 1.29 is 48.5 Å². The monoisotopic (exact) mass is 646 g/mol. The molecule has 14 atom stereocenters. The van der Waals surface area contributed by atoms with Crippen molar-refractivity contribution in [2.24, 2.45) is 11.8 Å². The van der Waals surface area contributed by atoms with E-state index in [0.717, 1.165) is 25.8 Å². The zero-order valence-corrected chi connectivity index (χ0v) is 29.2. The van der Waals surface area contributed by atoms with Crippen LogP contribution < -0.4 is 5.32 Å². The van der Waals surface area contributed by atoms with Gasteiger partial charge in [-0.1, -0.05) is 6.92 Å². The summed E-state index contributed by atoms with van der Waals surface area (Å²) in [6.07, 6.45) is -2.50. The number of aliphatic hydroxyl groups is 3. The zero-order chi connectivity index (χ0) is 33.7. The molecule has 12 nitrogen and oxygen atoms in total. The lowest BCUT2D eigenvalue weighted by atomic mass is 9.78. The predicted octanol–water partition coefficient (Wildman–Crippen LogP) is 2.20. The Bertz CT molecular complexity index is 924. The fraction of sp³-hybridized carbons (Fsp3) is 0.970. The standard InChI is InChI=1S/C33H62N2O10/c1-19-17-32(6,39)29(45-31-26(36)24(35(8)9)16-20(2)42-31)21(3)27(22(4)30(38)41-15-13-11-12-14-34-19)44-25-18-33(7,40-10)28(37)23(5)43-25/h19-29,31,34,36-37,39H,11-18H2,1-10H3/t19-,20-,21+,22-,23+,24+,25+,26-,27+,28+,29-,31+,32+,33-/m1/s1. The molecule has 12 heteroatoms. The van der Waals surface area contributed by atoms with Gasteiger partial charge in [0.2, 0.25) is 0 Å². The smallest absolute Gasteiger partial charge is 0.311 e. The highest BCUT2D eigenvalue weighted by Crippen LogP contribution is 2.38. The molecule has 0 aromatic carbocycles. The van der Waals surface area contributed by atoms with E-state index in [2.05, 4.69) is 5.32 Å². The van der Waals surface area contributed by atoms with Crippen LogP contribution in [0.1, 0.15) is 87.0 Å². The van der Waals surface area contributed by atoms with Gasteiger partial charge in [-0.15, -0.1) is 0 Å². The number of ether oxygens (including phenoxy) is 6. The second-order valence-electron chi connectivity index (χ2n) is 14.5. The van der Waals surface area contributed by atoms with Gasteiger partial charge in [-0.05, 0) is 94.3 Å². The molecule has 0 saturated carbocycles. The number of esters is 1. The van der Waals surface area contributed by atoms with Gasteiger partial charge in [-0.2, -0.15) is 0 Å². The summed E-state index contributed by atoms with van der Waals surface area (Å²) in [6.45, 7) is 14.0. The summed E-state index contributed by atoms with van der Waals surface area (Å²) in [7, 11) is 5.36. The van der Waals surface area contributed by atoms with Crippen LogP contribution in [0.5, 0.6) is 0 Å². The first-order valence-corrected chi connectivity index (χ1v) is 16.8. The Hall–Kier alpha value is -0.930. The number of methoxy groups -OCH3 is 1. The summed E-state index contributed by atoms with van der Waals surface area (Å²) in [6, 6.07) is -0.256. The summed E-state index contributed by atoms with van der Waals surface area (Å²) in [5, 5.41) is 37.9. The van der Waals surface area contributed by atoms with E-state index >= 15 is 0 Å². The van der Waals surface area contributed by atoms with Crippen molar-refractivity contribution in [2.45, 2.75) is 159 Å². The molecule has 4 N–H and O–H groups in total. The summed E-state index contributed by atoms with van der Waals surface area (Å²) in [5.41, 5.74) is -2.36. The largest absolute Gasteiger partial charge is 0.465 e. The molecular formula is C33H62N2O10. The number of carbonyl (C=O) groups excluding carboxylic acids is 1. The molecular weight excluding hydrogens is 584 g/mol. The van der Waals surface area contributed by atoms with E-state index in [-0.39, 0.29) is 24.6 Å². The summed E-state index contributed by atoms with van der Waals surface area (Å²) >= 11 is 0. The van der Waals surface area contributed by atoms with Crippen molar-refractivity contribution in [1.82, 2.24) is 10.2 Å². The second kappa shape index (κ2) is 16.5. The third kappa shape index (κ3) is 9.81. The Balaban J connectivity index is 2.03. The topological polar surface area (TPSA) is 148 Å². The molecule has 0 spiro atoms. The van der Waals surface area contributed by atoms with Gasteiger partial charge in [0.1, 0.15) is 12.2 Å². The van der Waals surface area contributed by atoms with Gasteiger partial charge in [-0.25, -0.2) is 0 Å². The Labute approximate surface area is 270 Å². The van der Waals surface area contributed by atoms with Crippen LogP contribution in [0.4, 0.5) is 0 Å². The van der Waals surface area contributed by atoms with Gasteiger partial charge in [0.15, 0.2) is 12.6 Å². The summed E-state index contributed by atoms with van der Waals surface area (Å²) in [4.78, 5) is 15.4. The molecule has 3 aliphatic heterocycles. The third-order valence-corrected chi connectivity index (χ3v) is 10.1. The van der Waals surface area contributed by atoms with Crippen LogP contribution in [0.15, 0.2) is 0 Å². The van der Waals surface area contributed by atoms with Crippen molar-refractivity contribution in [3.05, 3.63) is 0 Å². The highest BCUT2D eigenvalue weighted by Gasteiger charge is 2.51. The number of aliphatic hydroxyl groups excluding tert-OH is 2. The van der Waals surface area contributed by atoms with E-state index in [0.29, 0.717) is 19.4 Å². The van der Waals surface area contributed by atoms with Crippen LogP contribution in [0, 0.1) is 11.8 Å². The molecule has 0 aromatic rings. The second-order valence-corrected chi connectivity index (χ2v) is 14.5. The van der Waals surface area contributed by atoms with Crippen molar-refractivity contribution in [2.75, 3.05) is 34.4 Å². The molecule has 45 heavy (non-hydrogen) atoms. The average molecular weight is 647 g/mol. The first-order chi connectivity index (χ1) is 21.0. The molecule has 0 aromatic heterocycles. The first-order valence-electron chi connectivity index (χ1n) is 16.8. The molecule has 0 unspecified atom stereocenters. The number of rotatable bonds is 6. The SMILES string of the molecule is CO[C@]1(C)C[C@H](O[C@H]2[C@H](C)[C@@H](O[C@@H]3O[C@H](C)C[C@H](N(C)C)[C@H]3O)[C@@](C)(O)C[C@@H](C)NCCCCCOC(=O)[C@@H]2C)O[C@@H](C)[C@@H]1O. The molecule has 3 aliphatic rings. The molecule has 3 saturated heterocycles. The van der Waals surface area contributed by atoms with Gasteiger partial charge < -0.3 is 54.0 Å². The van der Waals surface area contributed by atoms with Crippen molar-refractivity contribution >= 4 is 5.97 Å². The fourth-order valence-electron chi connectivity index (χ4n) is 7.27. The molecule has 3 heterocycles. The third-order valence-electron chi connectivity index (χ3n) is 10.1. The minimum Gasteiger partial charge on any atom is -0.465 e. The summed E-state index contributed by atoms with van der Waals surface area (Å²) < 4.78 is 36.9. The quantitative estimate of drug-likeness (QED) is 0.314. The van der Waals surface area contributed by atoms with Gasteiger partial charge in [0, 0.05) is 31.5 Å². The van der Waals surface area contributed by atoms with E-state index in [4.69, 9.17) is 28.4 Å². The summed E-state index contributed by atoms with van der Waals surface area (Å²) in [5.74, 6) is -1.78. The van der Waals surface area contributed by atoms with E-state index < -0.39 is 72.1 Å². The van der Waals surface area contributed by atoms with Crippen molar-refractivity contribution in [3.63, 3.8) is 0 Å². The van der Waals surface area contributed by atoms with Crippen LogP contribution in [-0.4, -0.2) is 133 Å². The van der Waals surface area contributed by atoms with Gasteiger partial charge in [0.05, 0.1) is 48.1 Å². The number of carbonyl (C=O) groups is 1. The number of hydrogen-bond donors (Lipinski definition) is 4. The Morgan fingerprint density at radius 1 is 0.978 bits per heavy atom. The Morgan fingerprint density at radius 3 is 2.31 bits per heavy atom. The molecule has 3 fully saturated rings. The minimum absolute atomic E-state index is 0.0461. The lowest BCUT2D eigenvalue weighted by Crippen LogP contribution is -2.60. The van der Waals surface area contributed by atoms with Gasteiger partial charge in [-0.3, -0.25) is 4.79 Å². The van der Waals surface area contributed by atoms with E-state index in [1.165, 1.54) is 0 Å². The number of nitrogens with one attached hydrogen (secondary N) is 1. The van der Waals surface area contributed by atoms with E-state index in [9.17, 15) is 20.1 Å². The fourth-order valence-corrected chi connectivity index (χ4v) is 7.27. The normalized spacial score (nSPS) is 46.7. The lowest BCUT2D eigenvalue weighted by molar-refractivity contribution is -0.317. The maximum atomic E-state index is 13.5. The maximum absolute atomic E-state index is 13.5. The highest BCUT2D eigenvalue weighted by atomic mass is 16.7. The van der Waals surface area contributed by atoms with Crippen LogP contribution in [0.25, 0.3) is 0 Å². The lowest BCUT2D eigenvalue weighted by Gasteiger charge is -2.48. The zero-order valence-electron chi connectivity index (χ0n) is 29.2. The van der Waals surface area contributed by atoms with Crippen molar-refractivity contribution in [3.8, 4) is 0 Å². The molecule has 3 rings (SSSR count). The number of likely N-dealkylation sites (N-methyl/N-ethyl adjacent to an activating group) is 1. The van der Waals surface area contributed by atoms with Gasteiger partial charge >= 0.3 is 5.97 Å². The Kier molecular flexibility index (Phi) is 14.1. The first kappa shape index (κ1) is 38.5. The van der Waals surface area contributed by atoms with Gasteiger partial charge in [0.25, 0.3) is 0 Å². The molecule has 0 radical (unpaired) electrons. The predicted molar refractivity (Wildman–Crippen MR) is 168 cm³/mol. The molecule has 0 aliphatic carbocycles. The highest BCUT2D eigenvalue weighted by molar-refractivity contribution is 5.72. The van der Waals surface area contributed by atoms with E-state index in [1.54, 1.807) is 34.8 Å². The number of cyclic esters (lactones) is 1. The molecule has 264 valence electrons. The molecule has 0 bridgehead atoms. The number of hydrogen-bond acceptors (Lipinski definition) is 12. The van der Waals surface area contributed by atoms with E-state index in [1.807, 2.05) is 39.8 Å². The maximum Gasteiger partial charge on any atom is 0.311 e. The Morgan fingerprint density at radius 2 is 1.67 bits per heavy atom. The minimum atomic E-state index is -1.42. The van der Waals surface area contributed by atoms with Crippen LogP contribution in [-0.2, 0) is 33.2 Å². The van der Waals surface area contributed by atoms with Crippen molar-refractivity contribution in [1.29, 1.82) is 0 Å². The average Bonchev–Trinajstić information content (AvgIpc) is 2.96. The molecule has 0 amide bonds. The van der Waals surface area contributed by atoms with Crippen LogP contribution in [0.2, 0.25) is 0 Å². The van der Waals surface area contributed by atoms with Crippen LogP contribution >= 0.6 is 0 Å².